The van der Waals surface area contributed by atoms with E-state index in [1.165, 1.54) is 0 Å². The molecule has 104 valence electrons. The van der Waals surface area contributed by atoms with Gasteiger partial charge >= 0.3 is 0 Å². The van der Waals surface area contributed by atoms with Gasteiger partial charge in [0.25, 0.3) is 0 Å². The maximum atomic E-state index is 5.52. The van der Waals surface area contributed by atoms with Crippen molar-refractivity contribution in [2.24, 2.45) is 0 Å². The van der Waals surface area contributed by atoms with Crippen molar-refractivity contribution < 1.29 is 9.47 Å². The first kappa shape index (κ1) is 17.2. The Labute approximate surface area is 112 Å². The second kappa shape index (κ2) is 14.3. The molecule has 0 atom stereocenters. The molecule has 0 radical (unpaired) electrons. The molecule has 0 saturated heterocycles. The van der Waals surface area contributed by atoms with Gasteiger partial charge in [0.05, 0.1) is 13.2 Å². The predicted octanol–water partition coefficient (Wildman–Crippen LogP) is 2.46. The van der Waals surface area contributed by atoms with E-state index >= 15 is 0 Å². The minimum Gasteiger partial charge on any atom is -0.380 e. The standard InChI is InChI=1S/C13H29NO2S/c1-3-9-15-11-7-14(6-5-13-17)8-12-16-10-4-2/h17H,3-13H2,1-2H3. The second-order valence-corrected chi connectivity index (χ2v) is 4.59. The molecule has 0 aliphatic rings. The van der Waals surface area contributed by atoms with Crippen molar-refractivity contribution >= 4 is 12.6 Å². The van der Waals surface area contributed by atoms with E-state index in [1.54, 1.807) is 0 Å². The molecule has 0 saturated carbocycles. The molecule has 0 aliphatic carbocycles. The summed E-state index contributed by atoms with van der Waals surface area (Å²) in [6, 6.07) is 0. The molecule has 0 unspecified atom stereocenters. The quantitative estimate of drug-likeness (QED) is 0.407. The van der Waals surface area contributed by atoms with Gasteiger partial charge in [-0.05, 0) is 31.6 Å². The molecular formula is C13H29NO2S. The summed E-state index contributed by atoms with van der Waals surface area (Å²) >= 11 is 4.26. The predicted molar refractivity (Wildman–Crippen MR) is 77.1 cm³/mol. The number of nitrogens with zero attached hydrogens (tertiary/aromatic N) is 1. The topological polar surface area (TPSA) is 21.7 Å². The molecule has 0 bridgehead atoms. The minimum atomic E-state index is 0.828. The molecule has 0 fully saturated rings. The Kier molecular flexibility index (Phi) is 14.5. The maximum Gasteiger partial charge on any atom is 0.0593 e. The third kappa shape index (κ3) is 12.5. The fraction of sp³-hybridized carbons (Fsp3) is 1.00. The Bertz CT molecular complexity index is 135. The van der Waals surface area contributed by atoms with Crippen LogP contribution in [0.5, 0.6) is 0 Å². The molecule has 0 heterocycles. The third-order valence-corrected chi connectivity index (χ3v) is 2.75. The zero-order valence-corrected chi connectivity index (χ0v) is 12.4. The van der Waals surface area contributed by atoms with Gasteiger partial charge in [0.1, 0.15) is 0 Å². The molecule has 0 N–H and O–H groups in total. The van der Waals surface area contributed by atoms with Crippen molar-refractivity contribution in [3.63, 3.8) is 0 Å². The number of thiol groups is 1. The van der Waals surface area contributed by atoms with E-state index in [9.17, 15) is 0 Å². The van der Waals surface area contributed by atoms with Crippen LogP contribution < -0.4 is 0 Å². The molecular weight excluding hydrogens is 234 g/mol. The van der Waals surface area contributed by atoms with Crippen LogP contribution in [0.2, 0.25) is 0 Å². The van der Waals surface area contributed by atoms with Gasteiger partial charge in [-0.1, -0.05) is 13.8 Å². The van der Waals surface area contributed by atoms with Crippen LogP contribution >= 0.6 is 12.6 Å². The van der Waals surface area contributed by atoms with Gasteiger partial charge in [-0.3, -0.25) is 4.90 Å². The van der Waals surface area contributed by atoms with E-state index in [1.807, 2.05) is 0 Å². The Balaban J connectivity index is 3.56. The highest BCUT2D eigenvalue weighted by atomic mass is 32.1. The van der Waals surface area contributed by atoms with Gasteiger partial charge in [-0.2, -0.15) is 12.6 Å². The number of hydrogen-bond donors (Lipinski definition) is 1. The SMILES string of the molecule is CCCOCCN(CCCS)CCOCCC. The third-order valence-electron chi connectivity index (χ3n) is 2.43. The summed E-state index contributed by atoms with van der Waals surface area (Å²) in [7, 11) is 0. The summed E-state index contributed by atoms with van der Waals surface area (Å²) in [5, 5.41) is 0. The highest BCUT2D eigenvalue weighted by molar-refractivity contribution is 7.80. The Hall–Kier alpha value is 0.230. The lowest BCUT2D eigenvalue weighted by Crippen LogP contribution is -2.32. The van der Waals surface area contributed by atoms with Crippen molar-refractivity contribution in [1.29, 1.82) is 0 Å². The molecule has 0 spiro atoms. The number of ether oxygens (including phenoxy) is 2. The molecule has 0 amide bonds. The first-order valence-electron chi connectivity index (χ1n) is 6.83. The summed E-state index contributed by atoms with van der Waals surface area (Å²) in [6.07, 6.45) is 3.32. The molecule has 0 aliphatic heterocycles. The Morgan fingerprint density at radius 3 is 1.76 bits per heavy atom. The number of hydrogen-bond acceptors (Lipinski definition) is 4. The van der Waals surface area contributed by atoms with E-state index < -0.39 is 0 Å². The van der Waals surface area contributed by atoms with Crippen LogP contribution in [0.25, 0.3) is 0 Å². The molecule has 0 aromatic carbocycles. The van der Waals surface area contributed by atoms with Gasteiger partial charge < -0.3 is 9.47 Å². The molecule has 0 aromatic rings. The van der Waals surface area contributed by atoms with Crippen molar-refractivity contribution in [2.45, 2.75) is 33.1 Å². The fourth-order valence-electron chi connectivity index (χ4n) is 1.51. The van der Waals surface area contributed by atoms with Crippen molar-refractivity contribution in [3.8, 4) is 0 Å². The minimum absolute atomic E-state index is 0.828. The van der Waals surface area contributed by atoms with Crippen LogP contribution in [-0.4, -0.2) is 56.7 Å². The largest absolute Gasteiger partial charge is 0.380 e. The summed E-state index contributed by atoms with van der Waals surface area (Å²) in [5.74, 6) is 0.947. The fourth-order valence-corrected chi connectivity index (χ4v) is 1.65. The zero-order chi connectivity index (χ0) is 12.8. The smallest absolute Gasteiger partial charge is 0.0593 e. The molecule has 0 rings (SSSR count). The van der Waals surface area contributed by atoms with Crippen LogP contribution in [-0.2, 0) is 9.47 Å². The van der Waals surface area contributed by atoms with E-state index in [-0.39, 0.29) is 0 Å². The van der Waals surface area contributed by atoms with E-state index in [0.29, 0.717) is 0 Å². The Morgan fingerprint density at radius 1 is 0.824 bits per heavy atom. The maximum absolute atomic E-state index is 5.52. The van der Waals surface area contributed by atoms with Gasteiger partial charge in [-0.25, -0.2) is 0 Å². The Morgan fingerprint density at radius 2 is 1.35 bits per heavy atom. The van der Waals surface area contributed by atoms with Crippen LogP contribution in [0, 0.1) is 0 Å². The summed E-state index contributed by atoms with van der Waals surface area (Å²) in [6.45, 7) is 10.8. The molecule has 4 heteroatoms. The number of rotatable bonds is 13. The summed E-state index contributed by atoms with van der Waals surface area (Å²) < 4.78 is 11.0. The van der Waals surface area contributed by atoms with E-state index in [0.717, 1.165) is 71.1 Å². The highest BCUT2D eigenvalue weighted by Gasteiger charge is 2.04. The van der Waals surface area contributed by atoms with Crippen molar-refractivity contribution in [3.05, 3.63) is 0 Å². The van der Waals surface area contributed by atoms with Gasteiger partial charge in [0.15, 0.2) is 0 Å². The van der Waals surface area contributed by atoms with E-state index in [4.69, 9.17) is 9.47 Å². The van der Waals surface area contributed by atoms with Gasteiger partial charge in [0.2, 0.25) is 0 Å². The first-order chi connectivity index (χ1) is 8.35. The lowest BCUT2D eigenvalue weighted by atomic mass is 10.4. The average Bonchev–Trinajstić information content (AvgIpc) is 2.35. The van der Waals surface area contributed by atoms with Crippen LogP contribution in [0.4, 0.5) is 0 Å². The zero-order valence-electron chi connectivity index (χ0n) is 11.5. The molecule has 3 nitrogen and oxygen atoms in total. The summed E-state index contributed by atoms with van der Waals surface area (Å²) in [4.78, 5) is 2.40. The lowest BCUT2D eigenvalue weighted by molar-refractivity contribution is 0.0750. The first-order valence-corrected chi connectivity index (χ1v) is 7.47. The molecule has 0 aromatic heterocycles. The normalized spacial score (nSPS) is 11.3. The second-order valence-electron chi connectivity index (χ2n) is 4.14. The van der Waals surface area contributed by atoms with Gasteiger partial charge in [0, 0.05) is 26.3 Å². The van der Waals surface area contributed by atoms with Crippen LogP contribution in [0.1, 0.15) is 33.1 Å². The lowest BCUT2D eigenvalue weighted by Gasteiger charge is -2.21. The van der Waals surface area contributed by atoms with Crippen LogP contribution in [0.15, 0.2) is 0 Å². The van der Waals surface area contributed by atoms with Crippen molar-refractivity contribution in [2.75, 3.05) is 51.8 Å². The summed E-state index contributed by atoms with van der Waals surface area (Å²) in [5.41, 5.74) is 0. The van der Waals surface area contributed by atoms with Crippen LogP contribution in [0.3, 0.4) is 0 Å². The van der Waals surface area contributed by atoms with Crippen molar-refractivity contribution in [1.82, 2.24) is 4.90 Å². The monoisotopic (exact) mass is 263 g/mol. The van der Waals surface area contributed by atoms with E-state index in [2.05, 4.69) is 31.4 Å². The highest BCUT2D eigenvalue weighted by Crippen LogP contribution is 1.95. The molecule has 17 heavy (non-hydrogen) atoms. The van der Waals surface area contributed by atoms with Gasteiger partial charge in [-0.15, -0.1) is 0 Å². The average molecular weight is 263 g/mol.